The summed E-state index contributed by atoms with van der Waals surface area (Å²) in [6, 6.07) is 10.9. The quantitative estimate of drug-likeness (QED) is 0.876. The molecule has 0 saturated carbocycles. The van der Waals surface area contributed by atoms with Crippen LogP contribution in [0, 0.1) is 6.92 Å². The molecule has 0 N–H and O–H groups in total. The fraction of sp³-hybridized carbons (Fsp3) is 0.267. The number of hydrogen-bond donors (Lipinski definition) is 0. The third-order valence-electron chi connectivity index (χ3n) is 3.54. The van der Waals surface area contributed by atoms with Crippen LogP contribution in [-0.4, -0.2) is 24.8 Å². The van der Waals surface area contributed by atoms with Gasteiger partial charge in [0.05, 0.1) is 18.2 Å². The van der Waals surface area contributed by atoms with Gasteiger partial charge in [0.1, 0.15) is 11.8 Å². The Kier molecular flexibility index (Phi) is 3.33. The second-order valence-corrected chi connectivity index (χ2v) is 6.97. The number of furan rings is 1. The Balaban J connectivity index is 2.04. The second kappa shape index (κ2) is 5.04. The highest BCUT2D eigenvalue weighted by atomic mass is 32.2. The molecule has 6 heteroatoms. The Hall–Kier alpha value is -2.08. The Morgan fingerprint density at radius 3 is 2.62 bits per heavy atom. The molecule has 2 heterocycles. The summed E-state index contributed by atoms with van der Waals surface area (Å²) >= 11 is 0. The average Bonchev–Trinajstić information content (AvgIpc) is 3.07. The summed E-state index contributed by atoms with van der Waals surface area (Å²) in [6.45, 7) is 1.99. The lowest BCUT2D eigenvalue weighted by molar-refractivity contribution is 0.322. The third-order valence-corrected chi connectivity index (χ3v) is 4.56. The first-order valence-electron chi connectivity index (χ1n) is 6.63. The molecule has 0 aliphatic carbocycles. The van der Waals surface area contributed by atoms with E-state index in [1.165, 1.54) is 0 Å². The van der Waals surface area contributed by atoms with Crippen molar-refractivity contribution in [1.82, 2.24) is 4.41 Å². The van der Waals surface area contributed by atoms with Crippen molar-refractivity contribution < 1.29 is 12.8 Å². The molecule has 1 aliphatic rings. The van der Waals surface area contributed by atoms with Crippen molar-refractivity contribution in [2.45, 2.75) is 19.4 Å². The van der Waals surface area contributed by atoms with Crippen molar-refractivity contribution >= 4 is 15.7 Å². The van der Waals surface area contributed by atoms with Gasteiger partial charge >= 0.3 is 0 Å². The Bertz CT molecular complexity index is 779. The highest BCUT2D eigenvalue weighted by Crippen LogP contribution is 2.35. The predicted octanol–water partition coefficient (Wildman–Crippen LogP) is 2.70. The van der Waals surface area contributed by atoms with Crippen molar-refractivity contribution in [3.05, 3.63) is 59.5 Å². The summed E-state index contributed by atoms with van der Waals surface area (Å²) in [4.78, 5) is 0. The van der Waals surface area contributed by atoms with Gasteiger partial charge in [-0.2, -0.15) is 9.52 Å². The van der Waals surface area contributed by atoms with Gasteiger partial charge in [-0.3, -0.25) is 0 Å². The molecular formula is C15H16N2O3S. The summed E-state index contributed by atoms with van der Waals surface area (Å²) in [6.07, 6.45) is 3.21. The molecule has 1 atom stereocenters. The van der Waals surface area contributed by atoms with Gasteiger partial charge in [0.15, 0.2) is 0 Å². The van der Waals surface area contributed by atoms with Gasteiger partial charge in [0.25, 0.3) is 0 Å². The van der Waals surface area contributed by atoms with Crippen molar-refractivity contribution in [1.29, 1.82) is 0 Å². The minimum Gasteiger partial charge on any atom is -0.467 e. The predicted molar refractivity (Wildman–Crippen MR) is 80.5 cm³/mol. The first-order valence-corrected chi connectivity index (χ1v) is 8.48. The van der Waals surface area contributed by atoms with E-state index in [0.717, 1.165) is 27.5 Å². The smallest absolute Gasteiger partial charge is 0.247 e. The normalized spacial score (nSPS) is 18.9. The fourth-order valence-electron chi connectivity index (χ4n) is 2.55. The van der Waals surface area contributed by atoms with Crippen LogP contribution < -0.4 is 0 Å². The highest BCUT2D eigenvalue weighted by Gasteiger charge is 2.36. The number of rotatable bonds is 3. The van der Waals surface area contributed by atoms with Crippen LogP contribution in [0.5, 0.6) is 0 Å². The van der Waals surface area contributed by atoms with Gasteiger partial charge in [-0.1, -0.05) is 24.3 Å². The summed E-state index contributed by atoms with van der Waals surface area (Å²) in [5.41, 5.74) is 2.81. The molecule has 21 heavy (non-hydrogen) atoms. The van der Waals surface area contributed by atoms with Crippen LogP contribution in [-0.2, 0) is 10.0 Å². The van der Waals surface area contributed by atoms with Crippen molar-refractivity contribution in [2.24, 2.45) is 5.10 Å². The van der Waals surface area contributed by atoms with E-state index in [-0.39, 0.29) is 0 Å². The van der Waals surface area contributed by atoms with Crippen molar-refractivity contribution in [3.8, 4) is 0 Å². The maximum atomic E-state index is 12.0. The zero-order valence-electron chi connectivity index (χ0n) is 11.9. The highest BCUT2D eigenvalue weighted by molar-refractivity contribution is 7.88. The second-order valence-electron chi connectivity index (χ2n) is 5.13. The van der Waals surface area contributed by atoms with Crippen molar-refractivity contribution in [2.75, 3.05) is 6.26 Å². The molecule has 0 radical (unpaired) electrons. The minimum atomic E-state index is -3.45. The molecule has 1 aromatic carbocycles. The molecule has 5 nitrogen and oxygen atoms in total. The monoisotopic (exact) mass is 304 g/mol. The van der Waals surface area contributed by atoms with E-state index in [4.69, 9.17) is 4.42 Å². The van der Waals surface area contributed by atoms with E-state index in [2.05, 4.69) is 5.10 Å². The van der Waals surface area contributed by atoms with Crippen molar-refractivity contribution in [3.63, 3.8) is 0 Å². The Morgan fingerprint density at radius 2 is 2.00 bits per heavy atom. The lowest BCUT2D eigenvalue weighted by Crippen LogP contribution is -2.25. The molecule has 0 saturated heterocycles. The minimum absolute atomic E-state index is 0.412. The van der Waals surface area contributed by atoms with Gasteiger partial charge in [0, 0.05) is 12.0 Å². The van der Waals surface area contributed by atoms with Crippen LogP contribution in [0.4, 0.5) is 0 Å². The topological polar surface area (TPSA) is 62.9 Å². The molecule has 0 spiro atoms. The van der Waals surface area contributed by atoms with Crippen LogP contribution in [0.15, 0.2) is 52.2 Å². The number of benzene rings is 1. The summed E-state index contributed by atoms with van der Waals surface area (Å²) in [7, 11) is -3.45. The molecule has 2 aromatic rings. The molecule has 1 aromatic heterocycles. The molecule has 1 unspecified atom stereocenters. The maximum Gasteiger partial charge on any atom is 0.247 e. The van der Waals surface area contributed by atoms with Gasteiger partial charge in [0.2, 0.25) is 10.0 Å². The van der Waals surface area contributed by atoms with E-state index in [1.807, 2.05) is 31.2 Å². The lowest BCUT2D eigenvalue weighted by Gasteiger charge is -2.18. The SMILES string of the molecule is Cc1ccccc1C1=NN(S(C)(=O)=O)C(c2ccco2)C1. The summed E-state index contributed by atoms with van der Waals surface area (Å²) < 4.78 is 30.5. The number of sulfonamides is 1. The van der Waals surface area contributed by atoms with Gasteiger partial charge in [-0.05, 0) is 24.6 Å². The molecule has 110 valence electrons. The molecule has 1 aliphatic heterocycles. The molecule has 0 fully saturated rings. The van der Waals surface area contributed by atoms with E-state index in [9.17, 15) is 8.42 Å². The largest absolute Gasteiger partial charge is 0.467 e. The molecule has 0 amide bonds. The molecule has 3 rings (SSSR count). The number of nitrogens with zero attached hydrogens (tertiary/aromatic N) is 2. The molecule has 0 bridgehead atoms. The van der Waals surface area contributed by atoms with E-state index in [0.29, 0.717) is 12.2 Å². The average molecular weight is 304 g/mol. The zero-order valence-corrected chi connectivity index (χ0v) is 12.7. The number of aryl methyl sites for hydroxylation is 1. The van der Waals surface area contributed by atoms with E-state index in [1.54, 1.807) is 18.4 Å². The van der Waals surface area contributed by atoms with Crippen LogP contribution in [0.1, 0.15) is 29.3 Å². The van der Waals surface area contributed by atoms with Crippen LogP contribution in [0.2, 0.25) is 0 Å². The Labute approximate surface area is 123 Å². The Morgan fingerprint density at radius 1 is 1.24 bits per heavy atom. The summed E-state index contributed by atoms with van der Waals surface area (Å²) in [5, 5.41) is 4.33. The maximum absolute atomic E-state index is 12.0. The summed E-state index contributed by atoms with van der Waals surface area (Å²) in [5.74, 6) is 0.604. The van der Waals surface area contributed by atoms with E-state index < -0.39 is 16.1 Å². The lowest BCUT2D eigenvalue weighted by atomic mass is 9.99. The van der Waals surface area contributed by atoms with Crippen LogP contribution in [0.3, 0.4) is 0 Å². The van der Waals surface area contributed by atoms with Crippen LogP contribution >= 0.6 is 0 Å². The number of hydrogen-bond acceptors (Lipinski definition) is 4. The number of hydrazone groups is 1. The van der Waals surface area contributed by atoms with Crippen LogP contribution in [0.25, 0.3) is 0 Å². The van der Waals surface area contributed by atoms with E-state index >= 15 is 0 Å². The first-order chi connectivity index (χ1) is 9.97. The zero-order chi connectivity index (χ0) is 15.0. The fourth-order valence-corrected chi connectivity index (χ4v) is 3.43. The standard InChI is InChI=1S/C15H16N2O3S/c1-11-6-3-4-7-12(11)13-10-14(15-8-5-9-20-15)17(16-13)21(2,18)19/h3-9,14H,10H2,1-2H3. The van der Waals surface area contributed by atoms with Gasteiger partial charge in [-0.25, -0.2) is 8.42 Å². The van der Waals surface area contributed by atoms with Gasteiger partial charge in [-0.15, -0.1) is 0 Å². The third kappa shape index (κ3) is 2.58. The first kappa shape index (κ1) is 13.9. The molecular weight excluding hydrogens is 288 g/mol. The van der Waals surface area contributed by atoms with Gasteiger partial charge < -0.3 is 4.42 Å².